The molecule has 3 aliphatic rings. The minimum atomic E-state index is -3.00. The molecule has 726 valence electrons. The molecule has 3 atom stereocenters. The Balaban J connectivity index is 0.000000197. The number of carbonyl (C=O) groups excluding carboxylic acids is 8. The van der Waals surface area contributed by atoms with Gasteiger partial charge in [0.25, 0.3) is 52.1 Å². The number of phenols is 1. The quantitative estimate of drug-likeness (QED) is 0.00586. The first kappa shape index (κ1) is 106. The van der Waals surface area contributed by atoms with Crippen molar-refractivity contribution in [3.8, 4) is 17.2 Å². The third kappa shape index (κ3) is 25.0. The highest BCUT2D eigenvalue weighted by Crippen LogP contribution is 2.43. The van der Waals surface area contributed by atoms with E-state index >= 15 is 0 Å². The van der Waals surface area contributed by atoms with Crippen molar-refractivity contribution in [1.29, 1.82) is 0 Å². The number of aromatic nitrogens is 3. The van der Waals surface area contributed by atoms with Crippen LogP contribution in [0.25, 0.3) is 34.9 Å². The van der Waals surface area contributed by atoms with Gasteiger partial charge in [-0.3, -0.25) is 28.8 Å². The number of hydrogen-bond acceptors (Lipinski definition) is 18. The molecule has 0 spiro atoms. The normalized spacial score (nSPS) is 14.3. The zero-order chi connectivity index (χ0) is 100. The van der Waals surface area contributed by atoms with E-state index in [9.17, 15) is 58.5 Å². The topological polar surface area (TPSA) is 381 Å². The molecule has 3 aliphatic heterocycles. The van der Waals surface area contributed by atoms with Gasteiger partial charge in [-0.25, -0.2) is 14.4 Å². The molecule has 0 aliphatic carbocycles. The molecule has 6 heterocycles. The number of aliphatic hydroxyl groups excluding tert-OH is 1. The van der Waals surface area contributed by atoms with Gasteiger partial charge in [0.15, 0.2) is 0 Å². The predicted octanol–water partition coefficient (Wildman–Crippen LogP) is 14.5. The highest BCUT2D eigenvalue weighted by molar-refractivity contribution is 7.00. The summed E-state index contributed by atoms with van der Waals surface area (Å²) in [6.45, 7) is 50.8. The van der Waals surface area contributed by atoms with Crippen LogP contribution in [0.4, 0.5) is 17.1 Å². The Hall–Kier alpha value is -13.2. The minimum Gasteiger partial charge on any atom is -0.508 e. The van der Waals surface area contributed by atoms with Crippen LogP contribution in [0.5, 0.6) is 17.2 Å². The number of hydrogen-bond donors (Lipinski definition) is 12. The predicted molar refractivity (Wildman–Crippen MR) is 549 cm³/mol. The van der Waals surface area contributed by atoms with Crippen LogP contribution in [-0.4, -0.2) is 212 Å². The number of nitrogens with zero attached hydrogens (tertiary/aromatic N) is 3. The van der Waals surface area contributed by atoms with Crippen molar-refractivity contribution in [3.63, 3.8) is 0 Å². The molecule has 30 heteroatoms. The first-order chi connectivity index (χ1) is 65.1. The Bertz CT molecular complexity index is 6000. The van der Waals surface area contributed by atoms with Crippen molar-refractivity contribution < 1.29 is 76.8 Å². The highest BCUT2D eigenvalue weighted by atomic mass is 28.4. The maximum Gasteiger partial charge on any atom is 0.340 e. The van der Waals surface area contributed by atoms with Crippen LogP contribution in [0.3, 0.4) is 0 Å². The van der Waals surface area contributed by atoms with Crippen LogP contribution in [0.1, 0.15) is 202 Å². The summed E-state index contributed by atoms with van der Waals surface area (Å²) < 4.78 is 24.4. The van der Waals surface area contributed by atoms with Crippen molar-refractivity contribution in [1.82, 2.24) is 45.6 Å². The lowest BCUT2D eigenvalue weighted by Gasteiger charge is -2.44. The molecule has 0 saturated heterocycles. The number of aryl methyl sites for hydroxylation is 3. The average Bonchev–Trinajstić information content (AvgIpc) is 1.56. The van der Waals surface area contributed by atoms with Gasteiger partial charge in [-0.2, -0.15) is 0 Å². The molecular weight excluding hydrogens is 1770 g/mol. The van der Waals surface area contributed by atoms with Crippen LogP contribution in [-0.2, 0) is 37.6 Å². The summed E-state index contributed by atoms with van der Waals surface area (Å²) in [5, 5.41) is 49.8. The van der Waals surface area contributed by atoms with Gasteiger partial charge in [-0.05, 0) is 222 Å². The Labute approximate surface area is 806 Å². The lowest BCUT2D eigenvalue weighted by molar-refractivity contribution is -0.145. The summed E-state index contributed by atoms with van der Waals surface area (Å²) >= 11 is 0. The van der Waals surface area contributed by atoms with E-state index in [0.717, 1.165) is 108 Å². The number of aliphatic hydroxyl groups is 1. The molecule has 3 aromatic heterocycles. The molecule has 0 unspecified atom stereocenters. The van der Waals surface area contributed by atoms with Crippen LogP contribution >= 0.6 is 0 Å². The molecule has 0 bridgehead atoms. The monoisotopic (exact) mass is 1900 g/mol. The minimum absolute atomic E-state index is 0.0961. The number of phenolic OH excluding ortho intramolecular Hbond substituents is 1. The van der Waals surface area contributed by atoms with Crippen LogP contribution < -0.4 is 62.1 Å². The van der Waals surface area contributed by atoms with Crippen molar-refractivity contribution >= 4 is 143 Å². The number of fused-ring (bicyclic) bond motifs is 3. The average molecular weight is 1900 g/mol. The number of aliphatic carboxylic acids is 1. The summed E-state index contributed by atoms with van der Waals surface area (Å²) in [5.41, 5.74) is 13.1. The number of carbonyl (C=O) groups is 9. The number of carboxylic acid groups (broad SMARTS) is 1. The largest absolute Gasteiger partial charge is 0.508 e. The SMILES string of the molecule is CCN(CC)CCNC(=O)c1c(C)[nH]c(/C=C2\C(=O)Nc3ccc(O)cc32)c1C.CCN(CC)CCNC(=O)c1c(C)[nH]c(/C=C2\C(=O)Nc3ccc(OC(=O)[C@H](C)O)cc32)c1C.CCN(CC)CCNC(=O)c1c(C)[nH]c(/C=C2\C(=O)Nc3ccc(OC(=O)[C@H](C)O[Si](c4ccccc4)(c4ccccc4)C(C)(C)C)cc32)c1C.C[C@H](O[Si](c1ccccc1)(c1ccccc1)C(C)(C)C)C(=O)O. The Kier molecular flexibility index (Phi) is 36.4. The number of anilines is 3. The molecule has 0 fully saturated rings. The number of aromatic amines is 3. The van der Waals surface area contributed by atoms with E-state index in [4.69, 9.17) is 18.3 Å². The third-order valence-corrected chi connectivity index (χ3v) is 35.4. The first-order valence-corrected chi connectivity index (χ1v) is 50.6. The number of benzene rings is 7. The molecule has 13 rings (SSSR count). The van der Waals surface area contributed by atoms with Gasteiger partial charge in [0.05, 0.1) is 33.4 Å². The fraction of sp³-hybridized carbons (Fsp3) is 0.355. The number of aromatic hydroxyl groups is 1. The van der Waals surface area contributed by atoms with Crippen molar-refractivity contribution in [2.45, 2.75) is 174 Å². The maximum atomic E-state index is 13.7. The number of H-pyrrole nitrogens is 3. The Morgan fingerprint density at radius 2 is 0.679 bits per heavy atom. The van der Waals surface area contributed by atoms with Gasteiger partial charge in [0.1, 0.15) is 35.6 Å². The van der Waals surface area contributed by atoms with Crippen LogP contribution in [0, 0.1) is 41.5 Å². The number of esters is 2. The summed E-state index contributed by atoms with van der Waals surface area (Å²) in [5.74, 6) is -2.88. The van der Waals surface area contributed by atoms with Crippen molar-refractivity contribution in [2.75, 3.05) is 94.5 Å². The van der Waals surface area contributed by atoms with Gasteiger partial charge >= 0.3 is 17.9 Å². The second kappa shape index (κ2) is 47.1. The van der Waals surface area contributed by atoms with Crippen molar-refractivity contribution in [2.24, 2.45) is 0 Å². The third-order valence-electron chi connectivity index (χ3n) is 25.1. The van der Waals surface area contributed by atoms with Gasteiger partial charge in [0.2, 0.25) is 0 Å². The zero-order valence-electron chi connectivity index (χ0n) is 82.7. The van der Waals surface area contributed by atoms with E-state index < -0.39 is 52.9 Å². The van der Waals surface area contributed by atoms with E-state index in [-0.39, 0.29) is 57.0 Å². The Morgan fingerprint density at radius 3 is 0.956 bits per heavy atom. The van der Waals surface area contributed by atoms with E-state index in [1.165, 1.54) is 13.0 Å². The summed E-state index contributed by atoms with van der Waals surface area (Å²) in [7, 11) is -5.76. The fourth-order valence-electron chi connectivity index (χ4n) is 17.6. The van der Waals surface area contributed by atoms with E-state index in [1.54, 1.807) is 80.6 Å². The lowest BCUT2D eigenvalue weighted by atomic mass is 10.0. The molecule has 6 amide bonds. The first-order valence-electron chi connectivity index (χ1n) is 46.8. The van der Waals surface area contributed by atoms with Gasteiger partial charge in [-0.1, -0.05) is 204 Å². The number of amides is 6. The van der Waals surface area contributed by atoms with Crippen LogP contribution in [0.2, 0.25) is 10.1 Å². The molecule has 28 nitrogen and oxygen atoms in total. The van der Waals surface area contributed by atoms with Gasteiger partial charge in [0, 0.05) is 107 Å². The maximum absolute atomic E-state index is 13.7. The molecule has 10 aromatic rings. The molecule has 137 heavy (non-hydrogen) atoms. The standard InChI is InChI=1S/C41H50N4O5Si.C25H32N4O5.C22H28N4O3.C19H24O3Si/c1-9-45(10-2)24-23-42-39(47)37-27(3)36(43-28(37)4)26-34-33-25-30(21-22-35(33)44-38(34)46)49-40(48)29(5)50-51(41(6,7)8,31-17-13-11-14-18-31)32-19-15-12-16-20-32;1-6-29(7-2)11-10-26-24(32)22-14(3)21(27-15(22)4)13-19-18-12-17(34-25(33)16(5)30)8-9-20(18)28-23(19)31;1-5-26(6-2)10-9-23-22(29)20-13(3)19(24-14(20)4)12-17-16-11-15(27)7-8-18(16)25-21(17)28;1-15(18(20)21)22-23(19(2,3)4,16-11-7-5-8-12-16)17-13-9-6-10-14-17/h11-22,25-26,29,43H,9-10,23-24H2,1-8H3,(H,42,47)(H,44,46);8-9,12-13,16,27,30H,6-7,10-11H2,1-5H3,(H,26,32)(H,28,31);7-8,11-12,24,27H,5-6,9-10H2,1-4H3,(H,23,29)(H,25,28);5-15H,1-4H3,(H,20,21)/b34-26-;19-13-;17-12-;/t29-;16-;;15-/m00.0/s1. The van der Waals surface area contributed by atoms with E-state index in [0.29, 0.717) is 115 Å². The number of rotatable bonds is 34. The van der Waals surface area contributed by atoms with Gasteiger partial charge in [-0.15, -0.1) is 0 Å². The number of nitrogens with one attached hydrogen (secondary N) is 9. The molecular formula is C107H134N12O16Si2. The number of likely N-dealkylation sites (N-methyl/N-ethyl adjacent to an activating group) is 3. The van der Waals surface area contributed by atoms with E-state index in [2.05, 4.69) is 193 Å². The Morgan fingerprint density at radius 1 is 0.401 bits per heavy atom. The fourth-order valence-corrected chi connectivity index (χ4v) is 26.8. The number of carboxylic acids is 1. The second-order valence-corrected chi connectivity index (χ2v) is 44.7. The van der Waals surface area contributed by atoms with E-state index in [1.807, 2.05) is 114 Å². The summed E-state index contributed by atoms with van der Waals surface area (Å²) in [6, 6.07) is 55.0. The van der Waals surface area contributed by atoms with Crippen LogP contribution in [0.15, 0.2) is 176 Å². The highest BCUT2D eigenvalue weighted by Gasteiger charge is 2.54. The second-order valence-electron chi connectivity index (χ2n) is 36.2. The molecule has 0 saturated carbocycles. The zero-order valence-corrected chi connectivity index (χ0v) is 84.7. The van der Waals surface area contributed by atoms with Gasteiger partial charge < -0.3 is 95.2 Å². The lowest BCUT2D eigenvalue weighted by Crippen LogP contribution is -2.68. The summed E-state index contributed by atoms with van der Waals surface area (Å²) in [6.07, 6.45) is 2.16. The molecule has 12 N–H and O–H groups in total. The number of ether oxygens (including phenoxy) is 2. The van der Waals surface area contributed by atoms with Crippen molar-refractivity contribution in [3.05, 3.63) is 260 Å². The molecule has 0 radical (unpaired) electrons. The smallest absolute Gasteiger partial charge is 0.340 e. The summed E-state index contributed by atoms with van der Waals surface area (Å²) in [4.78, 5) is 130. The molecule has 7 aromatic carbocycles.